The first-order valence-corrected chi connectivity index (χ1v) is 4.23. The Kier molecular flexibility index (Phi) is 4.63. The van der Waals surface area contributed by atoms with Crippen molar-refractivity contribution in [3.05, 3.63) is 17.0 Å². The standard InChI is InChI=1S/C9H14N2O2.ClH/c1-6-8(4-5-9(12)13)7(2)11(3)10-6;/h4-5H2,1-3H3,(H,12,13);1H. The minimum atomic E-state index is -0.761. The molecule has 0 aliphatic heterocycles. The van der Waals surface area contributed by atoms with Gasteiger partial charge in [-0.3, -0.25) is 9.48 Å². The number of rotatable bonds is 3. The van der Waals surface area contributed by atoms with Crippen LogP contribution in [-0.2, 0) is 18.3 Å². The lowest BCUT2D eigenvalue weighted by Gasteiger charge is -1.98. The number of aliphatic carboxylic acids is 1. The van der Waals surface area contributed by atoms with Crippen molar-refractivity contribution in [1.82, 2.24) is 9.78 Å². The molecule has 0 bridgehead atoms. The average Bonchev–Trinajstić information content (AvgIpc) is 2.24. The number of aryl methyl sites for hydroxylation is 2. The van der Waals surface area contributed by atoms with Crippen LogP contribution in [0.4, 0.5) is 0 Å². The van der Waals surface area contributed by atoms with Gasteiger partial charge >= 0.3 is 5.97 Å². The lowest BCUT2D eigenvalue weighted by molar-refractivity contribution is -0.136. The molecule has 14 heavy (non-hydrogen) atoms. The van der Waals surface area contributed by atoms with Gasteiger partial charge in [0.15, 0.2) is 0 Å². The molecule has 1 N–H and O–H groups in total. The molecule has 1 rings (SSSR count). The highest BCUT2D eigenvalue weighted by Gasteiger charge is 2.10. The first kappa shape index (κ1) is 13.0. The van der Waals surface area contributed by atoms with E-state index in [1.807, 2.05) is 20.9 Å². The van der Waals surface area contributed by atoms with Gasteiger partial charge < -0.3 is 5.11 Å². The molecule has 4 nitrogen and oxygen atoms in total. The monoisotopic (exact) mass is 218 g/mol. The maximum atomic E-state index is 10.4. The first-order valence-electron chi connectivity index (χ1n) is 4.23. The Balaban J connectivity index is 0.00000169. The van der Waals surface area contributed by atoms with Gasteiger partial charge in [-0.25, -0.2) is 0 Å². The Morgan fingerprint density at radius 3 is 2.43 bits per heavy atom. The molecule has 80 valence electrons. The summed E-state index contributed by atoms with van der Waals surface area (Å²) in [4.78, 5) is 10.4. The normalized spacial score (nSPS) is 9.64. The molecular weight excluding hydrogens is 204 g/mol. The van der Waals surface area contributed by atoms with Crippen LogP contribution in [0.2, 0.25) is 0 Å². The van der Waals surface area contributed by atoms with Gasteiger partial charge in [-0.1, -0.05) is 0 Å². The summed E-state index contributed by atoms with van der Waals surface area (Å²) in [5, 5.41) is 12.7. The molecule has 0 saturated carbocycles. The molecule has 0 aliphatic carbocycles. The van der Waals surface area contributed by atoms with Gasteiger partial charge in [-0.2, -0.15) is 5.10 Å². The highest BCUT2D eigenvalue weighted by atomic mass is 35.5. The van der Waals surface area contributed by atoms with Gasteiger partial charge in [-0.05, 0) is 25.8 Å². The molecule has 0 atom stereocenters. The second kappa shape index (κ2) is 5.00. The molecule has 0 radical (unpaired) electrons. The van der Waals surface area contributed by atoms with Gasteiger partial charge in [0.2, 0.25) is 0 Å². The molecule has 1 aromatic rings. The molecule has 0 amide bonds. The molecule has 0 fully saturated rings. The summed E-state index contributed by atoms with van der Waals surface area (Å²) >= 11 is 0. The minimum absolute atomic E-state index is 0. The van der Waals surface area contributed by atoms with Crippen LogP contribution in [0, 0.1) is 13.8 Å². The van der Waals surface area contributed by atoms with Crippen LogP contribution in [0.3, 0.4) is 0 Å². The summed E-state index contributed by atoms with van der Waals surface area (Å²) in [7, 11) is 1.87. The predicted octanol–water partition coefficient (Wildman–Crippen LogP) is 1.48. The molecule has 0 spiro atoms. The van der Waals surface area contributed by atoms with Crippen molar-refractivity contribution in [1.29, 1.82) is 0 Å². The second-order valence-electron chi connectivity index (χ2n) is 3.17. The number of halogens is 1. The quantitative estimate of drug-likeness (QED) is 0.836. The molecule has 1 heterocycles. The van der Waals surface area contributed by atoms with E-state index in [0.717, 1.165) is 17.0 Å². The summed E-state index contributed by atoms with van der Waals surface area (Å²) in [6.07, 6.45) is 0.744. The number of carbonyl (C=O) groups is 1. The van der Waals surface area contributed by atoms with E-state index in [1.165, 1.54) is 0 Å². The third-order valence-electron chi connectivity index (χ3n) is 2.25. The molecule has 0 aromatic carbocycles. The zero-order valence-electron chi connectivity index (χ0n) is 8.57. The van der Waals surface area contributed by atoms with E-state index in [1.54, 1.807) is 4.68 Å². The van der Waals surface area contributed by atoms with E-state index in [2.05, 4.69) is 5.10 Å². The summed E-state index contributed by atoms with van der Waals surface area (Å²) in [5.74, 6) is -0.761. The largest absolute Gasteiger partial charge is 0.481 e. The molecular formula is C9H15ClN2O2. The Bertz CT molecular complexity index is 334. The van der Waals surface area contributed by atoms with E-state index >= 15 is 0 Å². The molecule has 1 aromatic heterocycles. The molecule has 0 aliphatic rings. The number of aromatic nitrogens is 2. The summed E-state index contributed by atoms with van der Waals surface area (Å²) in [6.45, 7) is 3.86. The van der Waals surface area contributed by atoms with Gasteiger partial charge in [0, 0.05) is 19.2 Å². The number of hydrogen-bond donors (Lipinski definition) is 1. The maximum Gasteiger partial charge on any atom is 0.303 e. The lowest BCUT2D eigenvalue weighted by atomic mass is 10.1. The minimum Gasteiger partial charge on any atom is -0.481 e. The Hall–Kier alpha value is -1.03. The second-order valence-corrected chi connectivity index (χ2v) is 3.17. The van der Waals surface area contributed by atoms with Gasteiger partial charge in [0.1, 0.15) is 0 Å². The fourth-order valence-electron chi connectivity index (χ4n) is 1.41. The van der Waals surface area contributed by atoms with Crippen molar-refractivity contribution >= 4 is 18.4 Å². The number of carboxylic acids is 1. The molecule has 5 heteroatoms. The Morgan fingerprint density at radius 1 is 1.50 bits per heavy atom. The number of hydrogen-bond acceptors (Lipinski definition) is 2. The van der Waals surface area contributed by atoms with Crippen LogP contribution >= 0.6 is 12.4 Å². The van der Waals surface area contributed by atoms with Crippen LogP contribution in [0.25, 0.3) is 0 Å². The van der Waals surface area contributed by atoms with Gasteiger partial charge in [0.05, 0.1) is 5.69 Å². The first-order chi connectivity index (χ1) is 6.02. The van der Waals surface area contributed by atoms with E-state index in [-0.39, 0.29) is 18.8 Å². The third-order valence-corrected chi connectivity index (χ3v) is 2.25. The van der Waals surface area contributed by atoms with Crippen molar-refractivity contribution in [2.75, 3.05) is 0 Å². The average molecular weight is 219 g/mol. The number of carboxylic acid groups (broad SMARTS) is 1. The zero-order chi connectivity index (χ0) is 10.0. The molecule has 0 unspecified atom stereocenters. The highest BCUT2D eigenvalue weighted by molar-refractivity contribution is 5.85. The SMILES string of the molecule is Cc1nn(C)c(C)c1CCC(=O)O.Cl. The van der Waals surface area contributed by atoms with Crippen molar-refractivity contribution in [2.24, 2.45) is 7.05 Å². The van der Waals surface area contributed by atoms with Crippen LogP contribution in [0.5, 0.6) is 0 Å². The van der Waals surface area contributed by atoms with Crippen molar-refractivity contribution in [2.45, 2.75) is 26.7 Å². The Morgan fingerprint density at radius 2 is 2.07 bits per heavy atom. The van der Waals surface area contributed by atoms with E-state index in [4.69, 9.17) is 5.11 Å². The summed E-state index contributed by atoms with van der Waals surface area (Å²) in [6, 6.07) is 0. The van der Waals surface area contributed by atoms with Crippen molar-refractivity contribution < 1.29 is 9.90 Å². The highest BCUT2D eigenvalue weighted by Crippen LogP contribution is 2.13. The van der Waals surface area contributed by atoms with E-state index in [0.29, 0.717) is 6.42 Å². The topological polar surface area (TPSA) is 55.1 Å². The Labute approximate surface area is 89.3 Å². The van der Waals surface area contributed by atoms with Gasteiger partial charge in [-0.15, -0.1) is 12.4 Å². The number of nitrogens with zero attached hydrogens (tertiary/aromatic N) is 2. The van der Waals surface area contributed by atoms with E-state index in [9.17, 15) is 4.79 Å². The van der Waals surface area contributed by atoms with Crippen LogP contribution in [0.15, 0.2) is 0 Å². The summed E-state index contributed by atoms with van der Waals surface area (Å²) in [5.41, 5.74) is 3.05. The predicted molar refractivity (Wildman–Crippen MR) is 55.9 cm³/mol. The van der Waals surface area contributed by atoms with Gasteiger partial charge in [0.25, 0.3) is 0 Å². The van der Waals surface area contributed by atoms with Crippen molar-refractivity contribution in [3.63, 3.8) is 0 Å². The maximum absolute atomic E-state index is 10.4. The smallest absolute Gasteiger partial charge is 0.303 e. The lowest BCUT2D eigenvalue weighted by Crippen LogP contribution is -1.99. The van der Waals surface area contributed by atoms with Crippen LogP contribution in [-0.4, -0.2) is 20.9 Å². The fraction of sp³-hybridized carbons (Fsp3) is 0.556. The summed E-state index contributed by atoms with van der Waals surface area (Å²) < 4.78 is 1.78. The van der Waals surface area contributed by atoms with Crippen molar-refractivity contribution in [3.8, 4) is 0 Å². The fourth-order valence-corrected chi connectivity index (χ4v) is 1.41. The van der Waals surface area contributed by atoms with Crippen LogP contribution in [0.1, 0.15) is 23.4 Å². The van der Waals surface area contributed by atoms with Crippen LogP contribution < -0.4 is 0 Å². The third kappa shape index (κ3) is 2.73. The zero-order valence-corrected chi connectivity index (χ0v) is 9.39. The van der Waals surface area contributed by atoms with E-state index < -0.39 is 5.97 Å². The molecule has 0 saturated heterocycles.